The zero-order valence-electron chi connectivity index (χ0n) is 28.6. The number of sulfonamides is 2. The molecule has 0 radical (unpaired) electrons. The van der Waals surface area contributed by atoms with E-state index in [1.807, 2.05) is 0 Å². The van der Waals surface area contributed by atoms with E-state index in [1.54, 1.807) is 0 Å². The quantitative estimate of drug-likeness (QED) is 0.108. The maximum Gasteiger partial charge on any atom is 0.323 e. The van der Waals surface area contributed by atoms with Crippen LogP contribution < -0.4 is 19.2 Å². The number of carbonyl (C=O) groups is 1. The molecule has 0 unspecified atom stereocenters. The third kappa shape index (κ3) is 5.42. The van der Waals surface area contributed by atoms with E-state index in [0.29, 0.717) is 0 Å². The van der Waals surface area contributed by atoms with Crippen LogP contribution in [0.2, 0.25) is 0 Å². The molecule has 0 aliphatic carbocycles. The normalized spacial score (nSPS) is 15.4. The Morgan fingerprint density at radius 2 is 0.946 bits per heavy atom. The van der Waals surface area contributed by atoms with Gasteiger partial charge in [-0.05, 0) is 84.3 Å². The lowest BCUT2D eigenvalue weighted by atomic mass is 10.1. The smallest absolute Gasteiger partial charge is 0.323 e. The summed E-state index contributed by atoms with van der Waals surface area (Å²) in [5, 5.41) is 26.9. The Morgan fingerprint density at radius 1 is 0.571 bits per heavy atom. The fourth-order valence-corrected chi connectivity index (χ4v) is 11.7. The van der Waals surface area contributed by atoms with E-state index in [1.165, 1.54) is 74.5 Å². The van der Waals surface area contributed by atoms with Crippen molar-refractivity contribution in [3.8, 4) is 11.5 Å². The van der Waals surface area contributed by atoms with Crippen molar-refractivity contribution in [3.63, 3.8) is 0 Å². The number of aromatic hydroxyl groups is 2. The minimum absolute atomic E-state index is 0.0354. The molecular weight excluding hydrogens is 813 g/mol. The predicted octanol–water partition coefficient (Wildman–Crippen LogP) is 5.84. The number of anilines is 6. The van der Waals surface area contributed by atoms with Crippen LogP contribution in [0.15, 0.2) is 105 Å². The zero-order chi connectivity index (χ0) is 40.4. The second kappa shape index (κ2) is 12.0. The number of nitrogens with zero attached hydrogens (tertiary/aromatic N) is 2. The number of carbonyl (C=O) groups excluding carboxylic acids is 1. The molecule has 6 N–H and O–H groups in total. The molecule has 4 bridgehead atoms. The second-order valence-corrected chi connectivity index (χ2v) is 19.2. The third-order valence-electron chi connectivity index (χ3n) is 9.60. The van der Waals surface area contributed by atoms with Gasteiger partial charge in [-0.1, -0.05) is 24.3 Å². The summed E-state index contributed by atoms with van der Waals surface area (Å²) < 4.78 is 124. The lowest BCUT2D eigenvalue weighted by molar-refractivity contribution is 0.262. The van der Waals surface area contributed by atoms with Crippen molar-refractivity contribution in [3.05, 3.63) is 96.1 Å². The van der Waals surface area contributed by atoms with Crippen molar-refractivity contribution in [1.82, 2.24) is 0 Å². The molecule has 0 fully saturated rings. The fourth-order valence-electron chi connectivity index (χ4n) is 7.12. The highest BCUT2D eigenvalue weighted by Crippen LogP contribution is 2.51. The molecule has 4 aliphatic rings. The first-order chi connectivity index (χ1) is 26.1. The Labute approximate surface area is 318 Å². The van der Waals surface area contributed by atoms with Crippen LogP contribution in [0.4, 0.5) is 38.9 Å². The molecule has 0 atom stereocenters. The number of phenolic OH excluding ortho intramolecular Hbond substituents is 2. The van der Waals surface area contributed by atoms with Crippen LogP contribution in [0.5, 0.6) is 11.5 Å². The lowest BCUT2D eigenvalue weighted by Gasteiger charge is -2.35. The molecule has 10 rings (SSSR count). The molecule has 0 saturated heterocycles. The van der Waals surface area contributed by atoms with Gasteiger partial charge in [-0.25, -0.2) is 30.2 Å². The van der Waals surface area contributed by atoms with Gasteiger partial charge in [-0.3, -0.25) is 9.11 Å². The molecule has 0 saturated carbocycles. The number of amides is 2. The Balaban J connectivity index is 1.15. The van der Waals surface area contributed by atoms with Crippen LogP contribution in [-0.2, 0) is 40.3 Å². The summed E-state index contributed by atoms with van der Waals surface area (Å²) in [6.45, 7) is 3.05. The summed E-state index contributed by atoms with van der Waals surface area (Å²) in [5.74, 6) is -1.24. The average molecular weight is 839 g/mol. The van der Waals surface area contributed by atoms with E-state index in [0.717, 1.165) is 32.9 Å². The minimum atomic E-state index is -4.71. The molecule has 6 aromatic rings. The Hall–Kier alpha value is -5.97. The van der Waals surface area contributed by atoms with E-state index in [4.69, 9.17) is 0 Å². The maximum atomic E-state index is 14.1. The number of benzene rings is 6. The van der Waals surface area contributed by atoms with Gasteiger partial charge in [0.25, 0.3) is 40.3 Å². The molecule has 6 aromatic carbocycles. The number of nitrogens with one attached hydrogen (secondary N) is 2. The van der Waals surface area contributed by atoms with Crippen LogP contribution in [0.25, 0.3) is 21.5 Å². The summed E-state index contributed by atoms with van der Waals surface area (Å²) in [7, 11) is -18.4. The SMILES string of the molecule is Cc1c2ccc(c1NC(=O)Nc1c3ccc(c1C)N(c1cccc4cc(S(=O)(=O)O)cc(O)c14)S3(=O)=O)S(=O)(=O)N2c1cccc2cc(S(=O)(=O)O)cc(O)c12. The molecule has 17 nitrogen and oxygen atoms in total. The van der Waals surface area contributed by atoms with Crippen molar-refractivity contribution < 1.29 is 57.8 Å². The van der Waals surface area contributed by atoms with Gasteiger partial charge in [0.05, 0.1) is 43.9 Å². The fraction of sp³-hybridized carbons (Fsp3) is 0.0571. The molecule has 0 spiro atoms. The van der Waals surface area contributed by atoms with Gasteiger partial charge in [0.1, 0.15) is 21.3 Å². The van der Waals surface area contributed by atoms with Crippen molar-refractivity contribution in [2.45, 2.75) is 33.4 Å². The van der Waals surface area contributed by atoms with Crippen LogP contribution in [0.3, 0.4) is 0 Å². The van der Waals surface area contributed by atoms with Crippen LogP contribution >= 0.6 is 0 Å². The summed E-state index contributed by atoms with van der Waals surface area (Å²) >= 11 is 0. The number of hydrogen-bond acceptors (Lipinski definition) is 11. The first kappa shape index (κ1) is 37.0. The zero-order valence-corrected chi connectivity index (χ0v) is 31.8. The van der Waals surface area contributed by atoms with E-state index >= 15 is 0 Å². The van der Waals surface area contributed by atoms with Crippen molar-refractivity contribution >= 4 is 102 Å². The number of hydrogen-bond donors (Lipinski definition) is 6. The number of phenols is 2. The Morgan fingerprint density at radius 3 is 1.30 bits per heavy atom. The highest BCUT2D eigenvalue weighted by molar-refractivity contribution is 7.94. The Kier molecular flexibility index (Phi) is 7.93. The molecule has 2 amide bonds. The van der Waals surface area contributed by atoms with Gasteiger partial charge >= 0.3 is 6.03 Å². The van der Waals surface area contributed by atoms with Crippen molar-refractivity contribution in [1.29, 1.82) is 0 Å². The first-order valence-corrected chi connectivity index (χ1v) is 21.8. The molecule has 21 heteroatoms. The summed E-state index contributed by atoms with van der Waals surface area (Å²) in [4.78, 5) is 11.7. The maximum absolute atomic E-state index is 14.1. The molecule has 4 aliphatic heterocycles. The molecule has 0 aromatic heterocycles. The van der Waals surface area contributed by atoms with E-state index in [2.05, 4.69) is 10.6 Å². The average Bonchev–Trinajstić information content (AvgIpc) is 3.09. The topological polar surface area (TPSA) is 265 Å². The highest BCUT2D eigenvalue weighted by atomic mass is 32.2. The van der Waals surface area contributed by atoms with Gasteiger partial charge in [0.15, 0.2) is 0 Å². The third-order valence-corrected chi connectivity index (χ3v) is 14.8. The minimum Gasteiger partial charge on any atom is -0.507 e. The van der Waals surface area contributed by atoms with E-state index in [-0.39, 0.29) is 76.6 Å². The van der Waals surface area contributed by atoms with Crippen LogP contribution in [0, 0.1) is 13.8 Å². The van der Waals surface area contributed by atoms with Gasteiger partial charge in [-0.15, -0.1) is 0 Å². The molecule has 288 valence electrons. The number of urea groups is 1. The summed E-state index contributed by atoms with van der Waals surface area (Å²) in [5.41, 5.74) is 0.333. The predicted molar refractivity (Wildman–Crippen MR) is 205 cm³/mol. The standard InChI is InChI=1S/C35H26N4O13S4/c1-17-23-9-11-29(53(43,44)38(23)25-7-3-5-19-13-21(55(47,48)49)15-27(40)31(19)25)33(17)36-35(42)37-34-18(2)24-10-12-30(34)54(45,46)39(24)26-8-4-6-20-14-22(56(50,51)52)16-28(41)32(20)26/h3-16,40-41H,1-2H3,(H2,36,37,42)(H,47,48,49)(H,50,51,52). The lowest BCUT2D eigenvalue weighted by Crippen LogP contribution is -2.35. The van der Waals surface area contributed by atoms with Crippen LogP contribution in [-0.4, -0.2) is 59.0 Å². The van der Waals surface area contributed by atoms with E-state index in [9.17, 15) is 57.8 Å². The monoisotopic (exact) mass is 838 g/mol. The van der Waals surface area contributed by atoms with Crippen molar-refractivity contribution in [2.75, 3.05) is 19.2 Å². The highest BCUT2D eigenvalue weighted by Gasteiger charge is 2.41. The second-order valence-electron chi connectivity index (χ2n) is 12.9. The van der Waals surface area contributed by atoms with Crippen LogP contribution in [0.1, 0.15) is 11.1 Å². The van der Waals surface area contributed by atoms with Gasteiger partial charge in [0.2, 0.25) is 0 Å². The summed E-state index contributed by atoms with van der Waals surface area (Å²) in [6, 6.07) is 16.7. The van der Waals surface area contributed by atoms with E-state index < -0.39 is 67.6 Å². The number of rotatable bonds is 6. The summed E-state index contributed by atoms with van der Waals surface area (Å²) in [6.07, 6.45) is 0. The van der Waals surface area contributed by atoms with Crippen molar-refractivity contribution in [2.24, 2.45) is 0 Å². The number of fused-ring (bicyclic) bond motifs is 8. The molecule has 4 heterocycles. The van der Waals surface area contributed by atoms with Gasteiger partial charge in [0, 0.05) is 22.9 Å². The van der Waals surface area contributed by atoms with Gasteiger partial charge < -0.3 is 20.8 Å². The largest absolute Gasteiger partial charge is 0.507 e. The first-order valence-electron chi connectivity index (χ1n) is 16.0. The Bertz CT molecular complexity index is 3050. The van der Waals surface area contributed by atoms with Gasteiger partial charge in [-0.2, -0.15) is 16.8 Å². The molecular formula is C35H26N4O13S4. The molecule has 56 heavy (non-hydrogen) atoms.